The lowest BCUT2D eigenvalue weighted by Crippen LogP contribution is -2.23. The molecule has 5 heteroatoms. The number of hydrogen-bond acceptors (Lipinski definition) is 4. The van der Waals surface area contributed by atoms with Gasteiger partial charge in [-0.1, -0.05) is 13.8 Å². The van der Waals surface area contributed by atoms with Gasteiger partial charge in [-0.25, -0.2) is 0 Å². The average Bonchev–Trinajstić information content (AvgIpc) is 2.77. The summed E-state index contributed by atoms with van der Waals surface area (Å²) >= 11 is 0. The van der Waals surface area contributed by atoms with E-state index in [1.165, 1.54) is 7.11 Å². The number of methoxy groups -OCH3 is 1. The van der Waals surface area contributed by atoms with Gasteiger partial charge in [-0.3, -0.25) is 9.48 Å². The molecule has 0 spiro atoms. The molecule has 1 heterocycles. The molecule has 0 amide bonds. The summed E-state index contributed by atoms with van der Waals surface area (Å²) in [5.74, 6) is -0.209. The first kappa shape index (κ1) is 13.7. The number of esters is 1. The van der Waals surface area contributed by atoms with Gasteiger partial charge in [0.2, 0.25) is 0 Å². The quantitative estimate of drug-likeness (QED) is 0.733. The lowest BCUT2D eigenvalue weighted by molar-refractivity contribution is -0.141. The summed E-state index contributed by atoms with van der Waals surface area (Å²) in [5.41, 5.74) is 1.03. The largest absolute Gasteiger partial charge is 0.469 e. The van der Waals surface area contributed by atoms with Gasteiger partial charge < -0.3 is 10.1 Å². The van der Waals surface area contributed by atoms with Crippen LogP contribution in [0.5, 0.6) is 0 Å². The normalized spacial score (nSPS) is 12.4. The van der Waals surface area contributed by atoms with E-state index in [0.717, 1.165) is 25.1 Å². The first-order valence-corrected chi connectivity index (χ1v) is 6.03. The van der Waals surface area contributed by atoms with Gasteiger partial charge in [0.15, 0.2) is 0 Å². The molecule has 0 radical (unpaired) electrons. The van der Waals surface area contributed by atoms with Crippen LogP contribution in [0.4, 0.5) is 0 Å². The number of aryl methyl sites for hydroxylation is 1. The number of carbonyl (C=O) groups excluding carboxylic acids is 1. The zero-order valence-electron chi connectivity index (χ0n) is 10.8. The Morgan fingerprint density at radius 2 is 2.35 bits per heavy atom. The lowest BCUT2D eigenvalue weighted by Gasteiger charge is -2.14. The minimum Gasteiger partial charge on any atom is -0.469 e. The van der Waals surface area contributed by atoms with Gasteiger partial charge in [0.05, 0.1) is 19.7 Å². The van der Waals surface area contributed by atoms with Gasteiger partial charge in [0.25, 0.3) is 0 Å². The summed E-state index contributed by atoms with van der Waals surface area (Å²) in [7, 11) is 1.41. The maximum Gasteiger partial charge on any atom is 0.307 e. The molecular weight excluding hydrogens is 218 g/mol. The molecule has 0 saturated carbocycles. The van der Waals surface area contributed by atoms with E-state index in [0.29, 0.717) is 6.42 Å². The van der Waals surface area contributed by atoms with Crippen molar-refractivity contribution in [3.63, 3.8) is 0 Å². The number of rotatable bonds is 7. The Hall–Kier alpha value is -1.36. The number of carbonyl (C=O) groups is 1. The second-order valence-electron chi connectivity index (χ2n) is 3.93. The Labute approximate surface area is 102 Å². The molecule has 0 bridgehead atoms. The first-order chi connectivity index (χ1) is 8.21. The lowest BCUT2D eigenvalue weighted by atomic mass is 10.1. The van der Waals surface area contributed by atoms with Crippen molar-refractivity contribution in [1.82, 2.24) is 15.1 Å². The molecule has 5 nitrogen and oxygen atoms in total. The standard InChI is InChI=1S/C12H21N3O2/c1-4-6-15-9-10(8-14-15)11(13-5-2)7-12(16)17-3/h8-9,11,13H,4-7H2,1-3H3. The Kier molecular flexibility index (Phi) is 5.69. The van der Waals surface area contributed by atoms with Crippen LogP contribution < -0.4 is 5.32 Å². The van der Waals surface area contributed by atoms with E-state index in [4.69, 9.17) is 4.74 Å². The number of nitrogens with zero attached hydrogens (tertiary/aromatic N) is 2. The van der Waals surface area contributed by atoms with Crippen LogP contribution in [0.3, 0.4) is 0 Å². The van der Waals surface area contributed by atoms with Crippen LogP contribution in [0, 0.1) is 0 Å². The molecule has 1 rings (SSSR count). The van der Waals surface area contributed by atoms with Crippen LogP contribution in [0.2, 0.25) is 0 Å². The van der Waals surface area contributed by atoms with Crippen LogP contribution in [0.1, 0.15) is 38.3 Å². The van der Waals surface area contributed by atoms with E-state index < -0.39 is 0 Å². The summed E-state index contributed by atoms with van der Waals surface area (Å²) in [6.45, 7) is 5.83. The molecule has 96 valence electrons. The highest BCUT2D eigenvalue weighted by Gasteiger charge is 2.16. The highest BCUT2D eigenvalue weighted by molar-refractivity contribution is 5.70. The van der Waals surface area contributed by atoms with Crippen molar-refractivity contribution in [1.29, 1.82) is 0 Å². The van der Waals surface area contributed by atoms with Gasteiger partial charge in [0, 0.05) is 24.3 Å². The second kappa shape index (κ2) is 7.06. The SMILES string of the molecule is CCCn1cc(C(CC(=O)OC)NCC)cn1. The average molecular weight is 239 g/mol. The number of ether oxygens (including phenoxy) is 1. The summed E-state index contributed by atoms with van der Waals surface area (Å²) in [6.07, 6.45) is 5.18. The second-order valence-corrected chi connectivity index (χ2v) is 3.93. The van der Waals surface area contributed by atoms with Crippen LogP contribution in [0.25, 0.3) is 0 Å². The molecule has 0 fully saturated rings. The van der Waals surface area contributed by atoms with Crippen molar-refractivity contribution >= 4 is 5.97 Å². The Bertz CT molecular complexity index is 349. The van der Waals surface area contributed by atoms with Crippen LogP contribution in [-0.4, -0.2) is 29.4 Å². The fraction of sp³-hybridized carbons (Fsp3) is 0.667. The molecule has 1 atom stereocenters. The van der Waals surface area contributed by atoms with E-state index in [1.54, 1.807) is 0 Å². The zero-order chi connectivity index (χ0) is 12.7. The molecule has 1 aromatic rings. The third kappa shape index (κ3) is 4.19. The molecule has 0 saturated heterocycles. The van der Waals surface area contributed by atoms with Crippen molar-refractivity contribution in [2.45, 2.75) is 39.3 Å². The number of aromatic nitrogens is 2. The molecular formula is C12H21N3O2. The minimum absolute atomic E-state index is 0.0157. The summed E-state index contributed by atoms with van der Waals surface area (Å²) in [4.78, 5) is 11.3. The number of nitrogens with one attached hydrogen (secondary N) is 1. The van der Waals surface area contributed by atoms with Gasteiger partial charge in [-0.15, -0.1) is 0 Å². The molecule has 0 aliphatic heterocycles. The van der Waals surface area contributed by atoms with E-state index in [9.17, 15) is 4.79 Å². The van der Waals surface area contributed by atoms with Crippen molar-refractivity contribution in [3.8, 4) is 0 Å². The minimum atomic E-state index is -0.209. The molecule has 0 aliphatic rings. The maximum absolute atomic E-state index is 11.3. The zero-order valence-corrected chi connectivity index (χ0v) is 10.8. The predicted molar refractivity (Wildman–Crippen MR) is 65.6 cm³/mol. The molecule has 1 unspecified atom stereocenters. The van der Waals surface area contributed by atoms with Gasteiger partial charge in [-0.05, 0) is 13.0 Å². The van der Waals surface area contributed by atoms with Crippen molar-refractivity contribution < 1.29 is 9.53 Å². The van der Waals surface area contributed by atoms with E-state index in [-0.39, 0.29) is 12.0 Å². The fourth-order valence-electron chi connectivity index (χ4n) is 1.72. The molecule has 1 N–H and O–H groups in total. The highest BCUT2D eigenvalue weighted by Crippen LogP contribution is 2.16. The van der Waals surface area contributed by atoms with E-state index in [1.807, 2.05) is 24.0 Å². The van der Waals surface area contributed by atoms with Crippen molar-refractivity contribution in [3.05, 3.63) is 18.0 Å². The molecule has 17 heavy (non-hydrogen) atoms. The fourth-order valence-corrected chi connectivity index (χ4v) is 1.72. The Morgan fingerprint density at radius 1 is 1.59 bits per heavy atom. The van der Waals surface area contributed by atoms with E-state index in [2.05, 4.69) is 17.3 Å². The third-order valence-corrected chi connectivity index (χ3v) is 2.56. The molecule has 1 aromatic heterocycles. The predicted octanol–water partition coefficient (Wildman–Crippen LogP) is 1.51. The molecule has 0 aliphatic carbocycles. The van der Waals surface area contributed by atoms with Gasteiger partial charge in [-0.2, -0.15) is 5.10 Å². The smallest absolute Gasteiger partial charge is 0.307 e. The van der Waals surface area contributed by atoms with Crippen LogP contribution in [0.15, 0.2) is 12.4 Å². The third-order valence-electron chi connectivity index (χ3n) is 2.56. The van der Waals surface area contributed by atoms with Crippen molar-refractivity contribution in [2.24, 2.45) is 0 Å². The maximum atomic E-state index is 11.3. The molecule has 0 aromatic carbocycles. The summed E-state index contributed by atoms with van der Waals surface area (Å²) < 4.78 is 6.60. The monoisotopic (exact) mass is 239 g/mol. The topological polar surface area (TPSA) is 56.1 Å². The summed E-state index contributed by atoms with van der Waals surface area (Å²) in [6, 6.07) is -0.0157. The van der Waals surface area contributed by atoms with Crippen LogP contribution >= 0.6 is 0 Å². The van der Waals surface area contributed by atoms with Gasteiger partial charge in [0.1, 0.15) is 0 Å². The first-order valence-electron chi connectivity index (χ1n) is 6.03. The Balaban J connectivity index is 2.70. The number of hydrogen-bond donors (Lipinski definition) is 1. The van der Waals surface area contributed by atoms with E-state index >= 15 is 0 Å². The Morgan fingerprint density at radius 3 is 2.94 bits per heavy atom. The van der Waals surface area contributed by atoms with Crippen LogP contribution in [-0.2, 0) is 16.1 Å². The summed E-state index contributed by atoms with van der Waals surface area (Å²) in [5, 5.41) is 7.53. The van der Waals surface area contributed by atoms with Crippen molar-refractivity contribution in [2.75, 3.05) is 13.7 Å². The highest BCUT2D eigenvalue weighted by atomic mass is 16.5. The van der Waals surface area contributed by atoms with Gasteiger partial charge >= 0.3 is 5.97 Å².